The number of esters is 1. The van der Waals surface area contributed by atoms with Crippen molar-refractivity contribution in [2.45, 2.75) is 18.9 Å². The number of methoxy groups -OCH3 is 1. The number of aromatic nitrogens is 1. The fraction of sp³-hybridized carbons (Fsp3) is 0.150. The normalized spacial score (nSPS) is 11.4. The predicted molar refractivity (Wildman–Crippen MR) is 188 cm³/mol. The number of ketones is 1. The van der Waals surface area contributed by atoms with Crippen molar-refractivity contribution in [2.24, 2.45) is 0 Å². The third-order valence-electron chi connectivity index (χ3n) is 7.62. The molecule has 1 N–H and O–H groups in total. The van der Waals surface area contributed by atoms with Gasteiger partial charge in [0.15, 0.2) is 5.78 Å². The Kier molecular flexibility index (Phi) is 11.8. The van der Waals surface area contributed by atoms with Gasteiger partial charge in [-0.05, 0) is 66.1 Å². The smallest absolute Gasteiger partial charge is 0.328 e. The molecular formula is C40H37N3O5. The molecule has 8 heteroatoms. The molecule has 1 amide bonds. The zero-order chi connectivity index (χ0) is 33.6. The molecular weight excluding hydrogens is 602 g/mol. The second-order valence-corrected chi connectivity index (χ2v) is 11.0. The van der Waals surface area contributed by atoms with E-state index in [-0.39, 0.29) is 11.7 Å². The second kappa shape index (κ2) is 17.1. The van der Waals surface area contributed by atoms with Crippen molar-refractivity contribution < 1.29 is 23.9 Å². The van der Waals surface area contributed by atoms with E-state index < -0.39 is 12.0 Å². The summed E-state index contributed by atoms with van der Waals surface area (Å²) in [5, 5.41) is 3.24. The number of pyridine rings is 1. The lowest BCUT2D eigenvalue weighted by Crippen LogP contribution is -2.33. The maximum absolute atomic E-state index is 13.2. The van der Waals surface area contributed by atoms with Gasteiger partial charge in [0.05, 0.1) is 13.7 Å². The van der Waals surface area contributed by atoms with Crippen molar-refractivity contribution >= 4 is 35.1 Å². The summed E-state index contributed by atoms with van der Waals surface area (Å²) in [5.41, 5.74) is 4.13. The van der Waals surface area contributed by atoms with E-state index in [2.05, 4.69) is 10.3 Å². The van der Waals surface area contributed by atoms with Crippen LogP contribution >= 0.6 is 0 Å². The van der Waals surface area contributed by atoms with Crippen LogP contribution in [0.5, 0.6) is 5.75 Å². The Balaban J connectivity index is 1.18. The number of rotatable bonds is 15. The summed E-state index contributed by atoms with van der Waals surface area (Å²) < 4.78 is 11.1. The molecule has 0 fully saturated rings. The Morgan fingerprint density at radius 3 is 2.25 bits per heavy atom. The van der Waals surface area contributed by atoms with Gasteiger partial charge in [0.2, 0.25) is 0 Å². The van der Waals surface area contributed by atoms with Gasteiger partial charge in [-0.25, -0.2) is 4.79 Å². The van der Waals surface area contributed by atoms with Gasteiger partial charge in [0.1, 0.15) is 11.8 Å². The summed E-state index contributed by atoms with van der Waals surface area (Å²) in [5.74, 6) is -0.0317. The molecule has 4 aromatic carbocycles. The highest BCUT2D eigenvalue weighted by Gasteiger charge is 2.23. The number of anilines is 2. The molecule has 1 heterocycles. The van der Waals surface area contributed by atoms with Crippen LogP contribution in [0.15, 0.2) is 140 Å². The van der Waals surface area contributed by atoms with Crippen LogP contribution < -0.4 is 15.0 Å². The lowest BCUT2D eigenvalue weighted by molar-refractivity contribution is -0.141. The molecule has 5 aromatic rings. The number of hydrogen-bond acceptors (Lipinski definition) is 7. The van der Waals surface area contributed by atoms with E-state index in [1.807, 2.05) is 91.0 Å². The lowest BCUT2D eigenvalue weighted by Gasteiger charge is -2.21. The molecule has 48 heavy (non-hydrogen) atoms. The van der Waals surface area contributed by atoms with Crippen LogP contribution in [-0.2, 0) is 20.7 Å². The van der Waals surface area contributed by atoms with Crippen molar-refractivity contribution in [3.05, 3.63) is 162 Å². The number of carbonyl (C=O) groups is 3. The highest BCUT2D eigenvalue weighted by molar-refractivity contribution is 6.12. The lowest BCUT2D eigenvalue weighted by atomic mass is 10.00. The van der Waals surface area contributed by atoms with Crippen LogP contribution in [0.2, 0.25) is 0 Å². The minimum absolute atomic E-state index is 0.129. The van der Waals surface area contributed by atoms with Crippen LogP contribution in [0.3, 0.4) is 0 Å². The van der Waals surface area contributed by atoms with Crippen LogP contribution in [0, 0.1) is 0 Å². The predicted octanol–water partition coefficient (Wildman–Crippen LogP) is 7.02. The summed E-state index contributed by atoms with van der Waals surface area (Å²) in [6, 6.07) is 36.2. The molecule has 1 aromatic heterocycles. The Hall–Kier alpha value is -6.02. The molecule has 0 spiro atoms. The van der Waals surface area contributed by atoms with Gasteiger partial charge in [-0.1, -0.05) is 78.9 Å². The van der Waals surface area contributed by atoms with Gasteiger partial charge in [-0.2, -0.15) is 0 Å². The van der Waals surface area contributed by atoms with Crippen LogP contribution in [0.1, 0.15) is 33.5 Å². The number of amides is 1. The number of hydrogen-bond donors (Lipinski definition) is 1. The van der Waals surface area contributed by atoms with E-state index in [0.717, 1.165) is 16.8 Å². The van der Waals surface area contributed by atoms with E-state index in [0.29, 0.717) is 48.6 Å². The van der Waals surface area contributed by atoms with Crippen LogP contribution in [0.25, 0.3) is 6.08 Å². The first kappa shape index (κ1) is 33.3. The Bertz CT molecular complexity index is 1810. The minimum Gasteiger partial charge on any atom is -0.494 e. The van der Waals surface area contributed by atoms with E-state index in [1.165, 1.54) is 7.11 Å². The van der Waals surface area contributed by atoms with Crippen molar-refractivity contribution in [2.75, 3.05) is 30.5 Å². The summed E-state index contributed by atoms with van der Waals surface area (Å²) in [7, 11) is 1.35. The molecule has 5 rings (SSSR count). The number of carbonyl (C=O) groups excluding carboxylic acids is 3. The van der Waals surface area contributed by atoms with E-state index in [9.17, 15) is 14.4 Å². The van der Waals surface area contributed by atoms with E-state index in [4.69, 9.17) is 9.47 Å². The molecule has 0 aliphatic heterocycles. The Morgan fingerprint density at radius 1 is 0.833 bits per heavy atom. The molecule has 0 bridgehead atoms. The SMILES string of the molecule is COC(=O)[C@H](Cc1ccc(OCCCN(C(=O)/C=C/c2cccnc2)c2ccccc2)cc1)Nc1ccccc1C(=O)c1ccccc1. The summed E-state index contributed by atoms with van der Waals surface area (Å²) >= 11 is 0. The zero-order valence-electron chi connectivity index (χ0n) is 26.7. The van der Waals surface area contributed by atoms with Gasteiger partial charge in [-0.15, -0.1) is 0 Å². The fourth-order valence-electron chi connectivity index (χ4n) is 5.15. The number of benzene rings is 4. The Labute approximate surface area is 280 Å². The third-order valence-corrected chi connectivity index (χ3v) is 7.62. The second-order valence-electron chi connectivity index (χ2n) is 11.0. The maximum atomic E-state index is 13.2. The summed E-state index contributed by atoms with van der Waals surface area (Å²) in [6.45, 7) is 0.875. The number of nitrogens with one attached hydrogen (secondary N) is 1. The third kappa shape index (κ3) is 9.26. The van der Waals surface area contributed by atoms with Crippen molar-refractivity contribution in [1.82, 2.24) is 4.98 Å². The first-order valence-corrected chi connectivity index (χ1v) is 15.7. The van der Waals surface area contributed by atoms with Crippen LogP contribution in [-0.4, -0.2) is 48.9 Å². The molecule has 0 unspecified atom stereocenters. The number of para-hydroxylation sites is 2. The average molecular weight is 640 g/mol. The van der Waals surface area contributed by atoms with Crippen molar-refractivity contribution in [1.29, 1.82) is 0 Å². The van der Waals surface area contributed by atoms with Crippen LogP contribution in [0.4, 0.5) is 11.4 Å². The number of ether oxygens (including phenoxy) is 2. The standard InChI is InChI=1S/C40H37N3O5/c1-47-40(46)37(42-36-18-9-8-17-35(36)39(45)32-13-4-2-5-14-32)28-30-19-22-34(23-20-30)48-27-11-26-43(33-15-6-3-7-16-33)38(44)24-21-31-12-10-25-41-29-31/h2-10,12-25,29,37,42H,11,26-28H2,1H3/b24-21+/t37-/m0/s1. The monoisotopic (exact) mass is 639 g/mol. The fourth-order valence-corrected chi connectivity index (χ4v) is 5.15. The summed E-state index contributed by atoms with van der Waals surface area (Å²) in [4.78, 5) is 45.0. The number of nitrogens with zero attached hydrogens (tertiary/aromatic N) is 2. The van der Waals surface area contributed by atoms with Gasteiger partial charge >= 0.3 is 5.97 Å². The molecule has 0 saturated heterocycles. The van der Waals surface area contributed by atoms with E-state index in [1.54, 1.807) is 59.8 Å². The average Bonchev–Trinajstić information content (AvgIpc) is 3.15. The Morgan fingerprint density at radius 2 is 1.54 bits per heavy atom. The topological polar surface area (TPSA) is 97.8 Å². The van der Waals surface area contributed by atoms with Crippen molar-refractivity contribution in [3.8, 4) is 5.75 Å². The van der Waals surface area contributed by atoms with Gasteiger partial charge in [0.25, 0.3) is 5.91 Å². The molecule has 0 aliphatic carbocycles. The van der Waals surface area contributed by atoms with E-state index >= 15 is 0 Å². The minimum atomic E-state index is -0.722. The molecule has 0 radical (unpaired) electrons. The highest BCUT2D eigenvalue weighted by atomic mass is 16.5. The highest BCUT2D eigenvalue weighted by Crippen LogP contribution is 2.23. The van der Waals surface area contributed by atoms with Crippen molar-refractivity contribution in [3.63, 3.8) is 0 Å². The molecule has 8 nitrogen and oxygen atoms in total. The molecule has 242 valence electrons. The quantitative estimate of drug-likeness (QED) is 0.0569. The molecule has 0 saturated carbocycles. The molecule has 1 atom stereocenters. The first-order valence-electron chi connectivity index (χ1n) is 15.7. The van der Waals surface area contributed by atoms with Gasteiger partial charge < -0.3 is 19.7 Å². The van der Waals surface area contributed by atoms with Gasteiger partial charge in [-0.3, -0.25) is 14.6 Å². The first-order chi connectivity index (χ1) is 23.5. The van der Waals surface area contributed by atoms with Gasteiger partial charge in [0, 0.05) is 53.9 Å². The summed E-state index contributed by atoms with van der Waals surface area (Å²) in [6.07, 6.45) is 7.65. The largest absolute Gasteiger partial charge is 0.494 e. The maximum Gasteiger partial charge on any atom is 0.328 e. The zero-order valence-corrected chi connectivity index (χ0v) is 26.7. The molecule has 0 aliphatic rings.